The molecule has 1 aliphatic rings. The molecular formula is C12H25N3O. The molecule has 1 rings (SSSR count). The van der Waals surface area contributed by atoms with Gasteiger partial charge >= 0.3 is 0 Å². The van der Waals surface area contributed by atoms with Crippen LogP contribution in [0.4, 0.5) is 0 Å². The summed E-state index contributed by atoms with van der Waals surface area (Å²) in [6.07, 6.45) is 1.76. The van der Waals surface area contributed by atoms with Crippen molar-refractivity contribution in [1.82, 2.24) is 9.80 Å². The second-order valence-electron chi connectivity index (χ2n) is 4.66. The molecule has 94 valence electrons. The van der Waals surface area contributed by atoms with E-state index in [1.54, 1.807) is 0 Å². The first-order chi connectivity index (χ1) is 7.60. The van der Waals surface area contributed by atoms with Crippen LogP contribution in [0.25, 0.3) is 0 Å². The molecule has 4 heteroatoms. The van der Waals surface area contributed by atoms with Gasteiger partial charge in [0.05, 0.1) is 6.04 Å². The molecule has 1 fully saturated rings. The van der Waals surface area contributed by atoms with E-state index in [1.165, 1.54) is 0 Å². The van der Waals surface area contributed by atoms with Crippen molar-refractivity contribution in [2.24, 2.45) is 5.73 Å². The summed E-state index contributed by atoms with van der Waals surface area (Å²) in [6.45, 7) is 10.1. The van der Waals surface area contributed by atoms with E-state index in [4.69, 9.17) is 5.73 Å². The molecule has 0 aromatic heterocycles. The van der Waals surface area contributed by atoms with Crippen LogP contribution in [0.5, 0.6) is 0 Å². The van der Waals surface area contributed by atoms with Crippen molar-refractivity contribution in [3.63, 3.8) is 0 Å². The Kier molecular flexibility index (Phi) is 5.22. The number of nitrogens with two attached hydrogens (primary N) is 1. The van der Waals surface area contributed by atoms with E-state index >= 15 is 0 Å². The lowest BCUT2D eigenvalue weighted by atomic mass is 10.1. The average Bonchev–Trinajstić information content (AvgIpc) is 2.28. The van der Waals surface area contributed by atoms with Gasteiger partial charge < -0.3 is 10.6 Å². The molecule has 1 aliphatic heterocycles. The van der Waals surface area contributed by atoms with E-state index < -0.39 is 0 Å². The highest BCUT2D eigenvalue weighted by molar-refractivity contribution is 5.81. The summed E-state index contributed by atoms with van der Waals surface area (Å²) in [4.78, 5) is 16.3. The van der Waals surface area contributed by atoms with Crippen LogP contribution < -0.4 is 5.73 Å². The number of nitrogens with zero attached hydrogens (tertiary/aromatic N) is 2. The maximum atomic E-state index is 12.0. The molecule has 0 saturated carbocycles. The Balaban J connectivity index is 2.47. The summed E-state index contributed by atoms with van der Waals surface area (Å²) in [5.74, 6) is 0.129. The fraction of sp³-hybridized carbons (Fsp3) is 0.917. The maximum absolute atomic E-state index is 12.0. The van der Waals surface area contributed by atoms with Gasteiger partial charge in [-0.1, -0.05) is 20.3 Å². The van der Waals surface area contributed by atoms with Crippen LogP contribution in [0.15, 0.2) is 0 Å². The fourth-order valence-corrected chi connectivity index (χ4v) is 2.33. The van der Waals surface area contributed by atoms with Crippen LogP contribution in [-0.2, 0) is 4.79 Å². The maximum Gasteiger partial charge on any atom is 0.239 e. The highest BCUT2D eigenvalue weighted by Crippen LogP contribution is 2.10. The number of hydrogen-bond acceptors (Lipinski definition) is 3. The van der Waals surface area contributed by atoms with Gasteiger partial charge in [-0.05, 0) is 19.9 Å². The number of piperazine rings is 1. The standard InChI is InChI=1S/C12H25N3O/c1-4-6-11(13)12(16)15-8-7-14(5-2)10(3)9-15/h10-11H,4-9,13H2,1-3H3/t10?,11-/m0/s1. The number of hydrogen-bond donors (Lipinski definition) is 1. The lowest BCUT2D eigenvalue weighted by Crippen LogP contribution is -2.56. The number of carbonyl (C=O) groups is 1. The quantitative estimate of drug-likeness (QED) is 0.768. The van der Waals surface area contributed by atoms with E-state index in [2.05, 4.69) is 25.7 Å². The minimum Gasteiger partial charge on any atom is -0.339 e. The van der Waals surface area contributed by atoms with Crippen LogP contribution in [-0.4, -0.2) is 54.0 Å². The van der Waals surface area contributed by atoms with Gasteiger partial charge in [0.25, 0.3) is 0 Å². The molecule has 1 saturated heterocycles. The Labute approximate surface area is 98.8 Å². The zero-order valence-electron chi connectivity index (χ0n) is 10.8. The summed E-state index contributed by atoms with van der Waals surface area (Å²) < 4.78 is 0. The molecular weight excluding hydrogens is 202 g/mol. The fourth-order valence-electron chi connectivity index (χ4n) is 2.33. The summed E-state index contributed by atoms with van der Waals surface area (Å²) >= 11 is 0. The van der Waals surface area contributed by atoms with E-state index in [-0.39, 0.29) is 11.9 Å². The Hall–Kier alpha value is -0.610. The van der Waals surface area contributed by atoms with Crippen LogP contribution in [0, 0.1) is 0 Å². The predicted molar refractivity (Wildman–Crippen MR) is 66.2 cm³/mol. The topological polar surface area (TPSA) is 49.6 Å². The minimum absolute atomic E-state index is 0.129. The SMILES string of the molecule is CCC[C@H](N)C(=O)N1CCN(CC)C(C)C1. The number of carbonyl (C=O) groups excluding carboxylic acids is 1. The van der Waals surface area contributed by atoms with Gasteiger partial charge in [0.1, 0.15) is 0 Å². The molecule has 2 N–H and O–H groups in total. The number of likely N-dealkylation sites (N-methyl/N-ethyl adjacent to an activating group) is 1. The number of rotatable bonds is 4. The summed E-state index contributed by atoms with van der Waals surface area (Å²) in [7, 11) is 0. The molecule has 1 heterocycles. The molecule has 4 nitrogen and oxygen atoms in total. The van der Waals surface area contributed by atoms with Gasteiger partial charge in [-0.25, -0.2) is 0 Å². The smallest absolute Gasteiger partial charge is 0.239 e. The normalized spacial score (nSPS) is 24.5. The minimum atomic E-state index is -0.301. The molecule has 16 heavy (non-hydrogen) atoms. The molecule has 1 unspecified atom stereocenters. The average molecular weight is 227 g/mol. The Morgan fingerprint density at radius 2 is 2.12 bits per heavy atom. The van der Waals surface area contributed by atoms with E-state index in [0.717, 1.165) is 39.0 Å². The summed E-state index contributed by atoms with van der Waals surface area (Å²) in [6, 6.07) is 0.155. The molecule has 2 atom stereocenters. The molecule has 0 bridgehead atoms. The van der Waals surface area contributed by atoms with Gasteiger partial charge in [-0.2, -0.15) is 0 Å². The zero-order valence-corrected chi connectivity index (χ0v) is 10.8. The number of amides is 1. The Bertz CT molecular complexity index is 232. The van der Waals surface area contributed by atoms with Crippen molar-refractivity contribution in [3.8, 4) is 0 Å². The molecule has 0 aromatic carbocycles. The van der Waals surface area contributed by atoms with Crippen molar-refractivity contribution < 1.29 is 4.79 Å². The van der Waals surface area contributed by atoms with Crippen LogP contribution in [0.1, 0.15) is 33.6 Å². The largest absolute Gasteiger partial charge is 0.339 e. The first kappa shape index (κ1) is 13.5. The van der Waals surface area contributed by atoms with Gasteiger partial charge in [-0.15, -0.1) is 0 Å². The van der Waals surface area contributed by atoms with Crippen molar-refractivity contribution in [1.29, 1.82) is 0 Å². The lowest BCUT2D eigenvalue weighted by molar-refractivity contribution is -0.135. The van der Waals surface area contributed by atoms with Crippen LogP contribution in [0.2, 0.25) is 0 Å². The van der Waals surface area contributed by atoms with Crippen molar-refractivity contribution >= 4 is 5.91 Å². The Morgan fingerprint density at radius 3 is 2.62 bits per heavy atom. The third kappa shape index (κ3) is 3.19. The summed E-state index contributed by atoms with van der Waals surface area (Å²) in [5, 5.41) is 0. The second kappa shape index (κ2) is 6.21. The molecule has 0 radical (unpaired) electrons. The Morgan fingerprint density at radius 1 is 1.44 bits per heavy atom. The highest BCUT2D eigenvalue weighted by Gasteiger charge is 2.27. The first-order valence-corrected chi connectivity index (χ1v) is 6.38. The third-order valence-electron chi connectivity index (χ3n) is 3.40. The van der Waals surface area contributed by atoms with Crippen molar-refractivity contribution in [3.05, 3.63) is 0 Å². The van der Waals surface area contributed by atoms with E-state index in [1.807, 2.05) is 4.90 Å². The predicted octanol–water partition coefficient (Wildman–Crippen LogP) is 0.666. The van der Waals surface area contributed by atoms with E-state index in [9.17, 15) is 4.79 Å². The van der Waals surface area contributed by atoms with Crippen LogP contribution >= 0.6 is 0 Å². The molecule has 1 amide bonds. The molecule has 0 spiro atoms. The monoisotopic (exact) mass is 227 g/mol. The van der Waals surface area contributed by atoms with Gasteiger partial charge in [0.2, 0.25) is 5.91 Å². The van der Waals surface area contributed by atoms with Gasteiger partial charge in [0, 0.05) is 25.7 Å². The van der Waals surface area contributed by atoms with Crippen LogP contribution in [0.3, 0.4) is 0 Å². The van der Waals surface area contributed by atoms with Crippen molar-refractivity contribution in [2.75, 3.05) is 26.2 Å². The zero-order chi connectivity index (χ0) is 12.1. The van der Waals surface area contributed by atoms with E-state index in [0.29, 0.717) is 6.04 Å². The highest BCUT2D eigenvalue weighted by atomic mass is 16.2. The van der Waals surface area contributed by atoms with Gasteiger partial charge in [-0.3, -0.25) is 9.69 Å². The van der Waals surface area contributed by atoms with Crippen molar-refractivity contribution in [2.45, 2.75) is 45.7 Å². The second-order valence-corrected chi connectivity index (χ2v) is 4.66. The lowest BCUT2D eigenvalue weighted by Gasteiger charge is -2.40. The first-order valence-electron chi connectivity index (χ1n) is 6.38. The third-order valence-corrected chi connectivity index (χ3v) is 3.40. The molecule has 0 aliphatic carbocycles. The van der Waals surface area contributed by atoms with Gasteiger partial charge in [0.15, 0.2) is 0 Å². The summed E-state index contributed by atoms with van der Waals surface area (Å²) in [5.41, 5.74) is 5.87. The molecule has 0 aromatic rings.